The summed E-state index contributed by atoms with van der Waals surface area (Å²) < 4.78 is 10.1. The van der Waals surface area contributed by atoms with Gasteiger partial charge in [0.05, 0.1) is 19.3 Å². The van der Waals surface area contributed by atoms with Gasteiger partial charge in [-0.25, -0.2) is 4.99 Å². The second kappa shape index (κ2) is 5.87. The quantitative estimate of drug-likeness (QED) is 0.413. The molecule has 0 aliphatic carbocycles. The van der Waals surface area contributed by atoms with E-state index in [9.17, 15) is 4.79 Å². The monoisotopic (exact) mass is 270 g/mol. The number of rotatable bonds is 5. The smallest absolute Gasteiger partial charge is 0.302 e. The number of aliphatic imine (C=N–C) groups is 2. The van der Waals surface area contributed by atoms with Gasteiger partial charge in [-0.1, -0.05) is 12.2 Å². The lowest BCUT2D eigenvalue weighted by Gasteiger charge is -2.27. The first-order chi connectivity index (χ1) is 8.68. The van der Waals surface area contributed by atoms with E-state index in [4.69, 9.17) is 21.7 Å². The van der Waals surface area contributed by atoms with E-state index in [-0.39, 0.29) is 24.8 Å². The summed E-state index contributed by atoms with van der Waals surface area (Å²) in [6, 6.07) is -0.137. The zero-order valence-electron chi connectivity index (χ0n) is 9.91. The van der Waals surface area contributed by atoms with E-state index in [0.717, 1.165) is 0 Å². The molecule has 0 saturated carbocycles. The summed E-state index contributed by atoms with van der Waals surface area (Å²) in [5.41, 5.74) is 0. The van der Waals surface area contributed by atoms with Crippen molar-refractivity contribution in [2.75, 3.05) is 19.9 Å². The minimum Gasteiger partial charge on any atom is -0.463 e. The second-order valence-electron chi connectivity index (χ2n) is 3.80. The van der Waals surface area contributed by atoms with Crippen molar-refractivity contribution in [2.45, 2.75) is 19.1 Å². The van der Waals surface area contributed by atoms with Crippen LogP contribution in [0.4, 0.5) is 0 Å². The van der Waals surface area contributed by atoms with E-state index in [0.29, 0.717) is 18.3 Å². The second-order valence-corrected chi connectivity index (χ2v) is 4.24. The Bertz CT molecular complexity index is 399. The molecule has 2 rings (SSSR count). The molecule has 0 aromatic heterocycles. The lowest BCUT2D eigenvalue weighted by Crippen LogP contribution is -2.47. The molecule has 7 nitrogen and oxygen atoms in total. The summed E-state index contributed by atoms with van der Waals surface area (Å²) in [5.74, 6) is -0.310. The molecule has 0 amide bonds. The van der Waals surface area contributed by atoms with E-state index >= 15 is 0 Å². The first-order valence-corrected chi connectivity index (χ1v) is 5.91. The first-order valence-electron chi connectivity index (χ1n) is 5.50. The molecule has 8 heteroatoms. The maximum Gasteiger partial charge on any atom is 0.302 e. The van der Waals surface area contributed by atoms with Crippen LogP contribution in [0.25, 0.3) is 0 Å². The van der Waals surface area contributed by atoms with Crippen LogP contribution in [-0.2, 0) is 14.3 Å². The van der Waals surface area contributed by atoms with Gasteiger partial charge in [0.2, 0.25) is 0 Å². The van der Waals surface area contributed by atoms with Gasteiger partial charge in [-0.3, -0.25) is 9.79 Å². The summed E-state index contributed by atoms with van der Waals surface area (Å²) in [4.78, 5) is 21.6. The topological polar surface area (TPSA) is 75.5 Å². The molecule has 0 radical (unpaired) electrons. The zero-order chi connectivity index (χ0) is 13.0. The van der Waals surface area contributed by atoms with Crippen molar-refractivity contribution in [3.8, 4) is 0 Å². The van der Waals surface area contributed by atoms with Gasteiger partial charge in [0.1, 0.15) is 24.4 Å². The Morgan fingerprint density at radius 1 is 1.56 bits per heavy atom. The van der Waals surface area contributed by atoms with Gasteiger partial charge in [0.25, 0.3) is 0 Å². The summed E-state index contributed by atoms with van der Waals surface area (Å²) >= 11 is 5.14. The number of nitrogens with zero attached hydrogens (tertiary/aromatic N) is 3. The summed E-state index contributed by atoms with van der Waals surface area (Å²) in [6.07, 6.45) is 3.12. The number of nitrogens with one attached hydrogen (secondary N) is 1. The van der Waals surface area contributed by atoms with Gasteiger partial charge in [0, 0.05) is 6.92 Å². The van der Waals surface area contributed by atoms with Gasteiger partial charge in [-0.05, 0) is 0 Å². The van der Waals surface area contributed by atoms with Crippen LogP contribution >= 0.6 is 12.2 Å². The first kappa shape index (κ1) is 12.9. The van der Waals surface area contributed by atoms with Crippen molar-refractivity contribution in [3.63, 3.8) is 0 Å². The molecule has 18 heavy (non-hydrogen) atoms. The Kier molecular flexibility index (Phi) is 4.21. The van der Waals surface area contributed by atoms with Crippen molar-refractivity contribution >= 4 is 35.9 Å². The molecular formula is C10H14N4O3S. The summed E-state index contributed by atoms with van der Waals surface area (Å²) in [7, 11) is 0. The highest BCUT2D eigenvalue weighted by Crippen LogP contribution is 2.17. The summed E-state index contributed by atoms with van der Waals surface area (Å²) in [6.45, 7) is 2.29. The van der Waals surface area contributed by atoms with Crippen LogP contribution in [0.2, 0.25) is 0 Å². The predicted molar refractivity (Wildman–Crippen MR) is 69.6 cm³/mol. The molecule has 2 aliphatic rings. The van der Waals surface area contributed by atoms with E-state index in [1.807, 2.05) is 4.90 Å². The molecule has 0 aromatic rings. The average Bonchev–Trinajstić information content (AvgIpc) is 2.73. The number of hydrogen-bond acceptors (Lipinski definition) is 7. The van der Waals surface area contributed by atoms with E-state index in [1.165, 1.54) is 6.92 Å². The van der Waals surface area contributed by atoms with Crippen LogP contribution in [0, 0.1) is 0 Å². The number of fused-ring (bicyclic) bond motifs is 1. The number of hydrogen-bond donors (Lipinski definition) is 1. The third kappa shape index (κ3) is 3.02. The summed E-state index contributed by atoms with van der Waals surface area (Å²) in [5, 5.41) is 2.86. The molecule has 0 aromatic carbocycles. The highest BCUT2D eigenvalue weighted by atomic mass is 32.1. The average molecular weight is 270 g/mol. The van der Waals surface area contributed by atoms with Gasteiger partial charge >= 0.3 is 5.97 Å². The van der Waals surface area contributed by atoms with Crippen molar-refractivity contribution in [1.82, 2.24) is 10.2 Å². The normalized spacial score (nSPS) is 24.9. The third-order valence-electron chi connectivity index (χ3n) is 2.47. The highest BCUT2D eigenvalue weighted by molar-refractivity contribution is 7.80. The molecule has 2 atom stereocenters. The molecule has 98 valence electrons. The lowest BCUT2D eigenvalue weighted by molar-refractivity contribution is -0.142. The molecule has 0 bridgehead atoms. The predicted octanol–water partition coefficient (Wildman–Crippen LogP) is -0.479. The molecule has 0 fully saturated rings. The van der Waals surface area contributed by atoms with Crippen LogP contribution in [-0.4, -0.2) is 60.7 Å². The molecule has 0 saturated heterocycles. The minimum absolute atomic E-state index is 0.132. The van der Waals surface area contributed by atoms with Gasteiger partial charge in [-0.2, -0.15) is 0 Å². The Labute approximate surface area is 110 Å². The van der Waals surface area contributed by atoms with Crippen molar-refractivity contribution in [3.05, 3.63) is 0 Å². The van der Waals surface area contributed by atoms with Crippen LogP contribution in [0.5, 0.6) is 0 Å². The highest BCUT2D eigenvalue weighted by Gasteiger charge is 2.34. The maximum absolute atomic E-state index is 10.5. The van der Waals surface area contributed by atoms with Crippen molar-refractivity contribution in [1.29, 1.82) is 0 Å². The molecule has 2 heterocycles. The fourth-order valence-corrected chi connectivity index (χ4v) is 1.88. The Morgan fingerprint density at radius 3 is 3.17 bits per heavy atom. The fourth-order valence-electron chi connectivity index (χ4n) is 1.64. The molecule has 2 unspecified atom stereocenters. The standard InChI is InChI=1S/C10H14N4O3S/c1-7(15)17-3-2-16-6-14-5-13-8-9(14)11-4-12-10(8)18/h4-5,8-9H,2-3,6H2,1H3,(H,11,12,18). The van der Waals surface area contributed by atoms with Gasteiger partial charge in [0.15, 0.2) is 6.17 Å². The Morgan fingerprint density at radius 2 is 2.39 bits per heavy atom. The number of thiocarbonyl (C=S) groups is 1. The lowest BCUT2D eigenvalue weighted by atomic mass is 10.2. The zero-order valence-corrected chi connectivity index (χ0v) is 10.7. The molecule has 0 spiro atoms. The number of carbonyl (C=O) groups is 1. The van der Waals surface area contributed by atoms with Gasteiger partial charge < -0.3 is 19.7 Å². The molecular weight excluding hydrogens is 256 g/mol. The molecule has 2 aliphatic heterocycles. The maximum atomic E-state index is 10.5. The minimum atomic E-state index is -0.310. The van der Waals surface area contributed by atoms with Crippen LogP contribution in [0.15, 0.2) is 9.98 Å². The molecule has 1 N–H and O–H groups in total. The number of carbonyl (C=O) groups excluding carboxylic acids is 1. The van der Waals surface area contributed by atoms with Gasteiger partial charge in [-0.15, -0.1) is 0 Å². The van der Waals surface area contributed by atoms with Crippen molar-refractivity contribution < 1.29 is 14.3 Å². The SMILES string of the molecule is CC(=O)OCCOCN1C=NC2C(=S)NC=NC21. The van der Waals surface area contributed by atoms with E-state index in [2.05, 4.69) is 15.3 Å². The Hall–Kier alpha value is -1.54. The Balaban J connectivity index is 1.73. The largest absolute Gasteiger partial charge is 0.463 e. The van der Waals surface area contributed by atoms with Crippen molar-refractivity contribution in [2.24, 2.45) is 9.98 Å². The van der Waals surface area contributed by atoms with Crippen LogP contribution in [0.3, 0.4) is 0 Å². The third-order valence-corrected chi connectivity index (χ3v) is 2.83. The van der Waals surface area contributed by atoms with Crippen LogP contribution in [0.1, 0.15) is 6.92 Å². The van der Waals surface area contributed by atoms with E-state index < -0.39 is 0 Å². The fraction of sp³-hybridized carbons (Fsp3) is 0.600. The number of esters is 1. The van der Waals surface area contributed by atoms with Crippen LogP contribution < -0.4 is 5.32 Å². The van der Waals surface area contributed by atoms with E-state index in [1.54, 1.807) is 12.7 Å². The number of ether oxygens (including phenoxy) is 2.